The molecule has 0 radical (unpaired) electrons. The molecule has 0 aromatic carbocycles. The Morgan fingerprint density at radius 1 is 1.36 bits per heavy atom. The Morgan fingerprint density at radius 2 is 1.95 bits per heavy atom. The second-order valence-corrected chi connectivity index (χ2v) is 7.83. The molecule has 2 fully saturated rings. The number of ether oxygens (including phenoxy) is 1. The Balaban J connectivity index is 1.96. The van der Waals surface area contributed by atoms with Crippen molar-refractivity contribution in [3.63, 3.8) is 0 Å². The Hall–Kier alpha value is -0.870. The minimum atomic E-state index is -0.270. The molecular weight excluding hydrogens is 278 g/mol. The van der Waals surface area contributed by atoms with Gasteiger partial charge < -0.3 is 14.7 Å². The summed E-state index contributed by atoms with van der Waals surface area (Å²) in [5, 5.41) is 10.2. The largest absolute Gasteiger partial charge is 0.392 e. The van der Waals surface area contributed by atoms with Crippen molar-refractivity contribution in [3.8, 4) is 0 Å². The summed E-state index contributed by atoms with van der Waals surface area (Å²) in [6, 6.07) is 0. The molecule has 1 aliphatic carbocycles. The molecule has 1 amide bonds. The van der Waals surface area contributed by atoms with Crippen LogP contribution in [0.3, 0.4) is 0 Å². The van der Waals surface area contributed by atoms with Gasteiger partial charge in [-0.2, -0.15) is 0 Å². The molecule has 2 atom stereocenters. The summed E-state index contributed by atoms with van der Waals surface area (Å²) in [6.45, 7) is 12.5. The van der Waals surface area contributed by atoms with E-state index in [9.17, 15) is 9.90 Å². The summed E-state index contributed by atoms with van der Waals surface area (Å²) in [5.41, 5.74) is 1.01. The van der Waals surface area contributed by atoms with Gasteiger partial charge in [0.2, 0.25) is 5.91 Å². The Morgan fingerprint density at radius 3 is 2.41 bits per heavy atom. The Labute approximate surface area is 134 Å². The summed E-state index contributed by atoms with van der Waals surface area (Å²) in [6.07, 6.45) is 4.09. The lowest BCUT2D eigenvalue weighted by Gasteiger charge is -2.56. The lowest BCUT2D eigenvalue weighted by molar-refractivity contribution is -0.209. The van der Waals surface area contributed by atoms with Crippen LogP contribution in [0, 0.1) is 10.8 Å². The van der Waals surface area contributed by atoms with E-state index in [1.54, 1.807) is 6.08 Å². The summed E-state index contributed by atoms with van der Waals surface area (Å²) in [4.78, 5) is 14.3. The molecule has 2 rings (SSSR count). The fourth-order valence-electron chi connectivity index (χ4n) is 3.45. The zero-order valence-corrected chi connectivity index (χ0v) is 14.7. The first-order chi connectivity index (χ1) is 10.2. The quantitative estimate of drug-likeness (QED) is 0.816. The van der Waals surface area contributed by atoms with Gasteiger partial charge >= 0.3 is 0 Å². The van der Waals surface area contributed by atoms with Crippen LogP contribution in [-0.2, 0) is 9.53 Å². The van der Waals surface area contributed by atoms with Crippen molar-refractivity contribution in [2.75, 3.05) is 19.7 Å². The molecule has 0 bridgehead atoms. The number of allylic oxidation sites excluding steroid dienone is 1. The van der Waals surface area contributed by atoms with Gasteiger partial charge in [0, 0.05) is 37.6 Å². The van der Waals surface area contributed by atoms with Crippen LogP contribution in [0.15, 0.2) is 11.6 Å². The monoisotopic (exact) mass is 309 g/mol. The number of carbonyl (C=O) groups excluding carboxylic acids is 1. The van der Waals surface area contributed by atoms with Gasteiger partial charge in [-0.25, -0.2) is 0 Å². The number of amides is 1. The molecule has 4 heteroatoms. The van der Waals surface area contributed by atoms with E-state index in [0.29, 0.717) is 19.7 Å². The van der Waals surface area contributed by atoms with Crippen LogP contribution < -0.4 is 0 Å². The number of nitrogens with zero attached hydrogens (tertiary/aromatic N) is 1. The van der Waals surface area contributed by atoms with Gasteiger partial charge in [-0.15, -0.1) is 0 Å². The topological polar surface area (TPSA) is 49.8 Å². The number of aliphatic hydroxyl groups is 1. The van der Waals surface area contributed by atoms with Crippen LogP contribution in [0.5, 0.6) is 0 Å². The van der Waals surface area contributed by atoms with Gasteiger partial charge in [-0.3, -0.25) is 4.79 Å². The third-order valence-corrected chi connectivity index (χ3v) is 5.64. The lowest BCUT2D eigenvalue weighted by atomic mass is 9.58. The number of aliphatic hydroxyl groups excluding tert-OH is 1. The van der Waals surface area contributed by atoms with Crippen molar-refractivity contribution in [1.82, 2.24) is 4.90 Å². The van der Waals surface area contributed by atoms with E-state index in [4.69, 9.17) is 4.74 Å². The van der Waals surface area contributed by atoms with Crippen LogP contribution >= 0.6 is 0 Å². The Bertz CT molecular complexity index is 440. The van der Waals surface area contributed by atoms with E-state index >= 15 is 0 Å². The van der Waals surface area contributed by atoms with E-state index in [1.165, 1.54) is 0 Å². The van der Waals surface area contributed by atoms with E-state index < -0.39 is 0 Å². The molecule has 126 valence electrons. The molecule has 22 heavy (non-hydrogen) atoms. The standard InChI is InChI=1S/C18H31NO3/c1-6-22-15-12-14(20)18(15)7-9-19(10-8-18)16(21)11-13(2)17(3,4)5/h11,14-15,20H,6-10,12H2,1-5H3/b13-11-. The number of likely N-dealkylation sites (tertiary alicyclic amines) is 1. The van der Waals surface area contributed by atoms with Crippen LogP contribution in [0.4, 0.5) is 0 Å². The summed E-state index contributed by atoms with van der Waals surface area (Å²) >= 11 is 0. The average molecular weight is 309 g/mol. The normalized spacial score (nSPS) is 28.6. The number of rotatable bonds is 3. The highest BCUT2D eigenvalue weighted by Crippen LogP contribution is 2.50. The van der Waals surface area contributed by atoms with Crippen molar-refractivity contribution in [2.24, 2.45) is 10.8 Å². The molecule has 0 aromatic heterocycles. The molecule has 2 unspecified atom stereocenters. The van der Waals surface area contributed by atoms with Gasteiger partial charge in [0.25, 0.3) is 0 Å². The van der Waals surface area contributed by atoms with Gasteiger partial charge in [0.1, 0.15) is 0 Å². The first-order valence-corrected chi connectivity index (χ1v) is 8.48. The molecule has 1 heterocycles. The summed E-state index contributed by atoms with van der Waals surface area (Å²) in [5.74, 6) is 0.101. The highest BCUT2D eigenvalue weighted by Gasteiger charge is 2.56. The van der Waals surface area contributed by atoms with Crippen molar-refractivity contribution < 1.29 is 14.6 Å². The molecular formula is C18H31NO3. The predicted molar refractivity (Wildman–Crippen MR) is 87.5 cm³/mol. The summed E-state index contributed by atoms with van der Waals surface area (Å²) in [7, 11) is 0. The average Bonchev–Trinajstić information content (AvgIpc) is 2.46. The fraction of sp³-hybridized carbons (Fsp3) is 0.833. The minimum absolute atomic E-state index is 0.0247. The van der Waals surface area contributed by atoms with Crippen LogP contribution in [0.25, 0.3) is 0 Å². The van der Waals surface area contributed by atoms with Gasteiger partial charge in [-0.1, -0.05) is 26.3 Å². The highest BCUT2D eigenvalue weighted by atomic mass is 16.5. The number of piperidine rings is 1. The lowest BCUT2D eigenvalue weighted by Crippen LogP contribution is -2.62. The molecule has 1 saturated carbocycles. The first-order valence-electron chi connectivity index (χ1n) is 8.48. The van der Waals surface area contributed by atoms with E-state index in [0.717, 1.165) is 24.8 Å². The zero-order valence-electron chi connectivity index (χ0n) is 14.7. The first kappa shape index (κ1) is 17.5. The van der Waals surface area contributed by atoms with Crippen molar-refractivity contribution >= 4 is 5.91 Å². The van der Waals surface area contributed by atoms with Crippen molar-refractivity contribution in [2.45, 2.75) is 66.1 Å². The molecule has 0 aromatic rings. The second-order valence-electron chi connectivity index (χ2n) is 7.83. The molecule has 1 aliphatic heterocycles. The van der Waals surface area contributed by atoms with E-state index in [-0.39, 0.29) is 28.9 Å². The maximum absolute atomic E-state index is 12.4. The smallest absolute Gasteiger partial charge is 0.246 e. The maximum Gasteiger partial charge on any atom is 0.246 e. The molecule has 2 aliphatic rings. The summed E-state index contributed by atoms with van der Waals surface area (Å²) < 4.78 is 5.77. The third kappa shape index (κ3) is 3.23. The minimum Gasteiger partial charge on any atom is -0.392 e. The van der Waals surface area contributed by atoms with E-state index in [1.807, 2.05) is 18.7 Å². The van der Waals surface area contributed by atoms with Crippen LogP contribution in [0.2, 0.25) is 0 Å². The Kier molecular flexibility index (Phi) is 5.03. The maximum atomic E-state index is 12.4. The van der Waals surface area contributed by atoms with Crippen molar-refractivity contribution in [3.05, 3.63) is 11.6 Å². The fourth-order valence-corrected chi connectivity index (χ4v) is 3.45. The molecule has 1 spiro atoms. The van der Waals surface area contributed by atoms with Crippen LogP contribution in [0.1, 0.15) is 53.9 Å². The second kappa shape index (κ2) is 6.32. The SMILES string of the molecule is CCOC1CC(O)C12CCN(C(=O)/C=C(/C)C(C)(C)C)CC2. The number of hydrogen-bond acceptors (Lipinski definition) is 3. The van der Waals surface area contributed by atoms with Gasteiger partial charge in [0.05, 0.1) is 12.2 Å². The van der Waals surface area contributed by atoms with Crippen molar-refractivity contribution in [1.29, 1.82) is 0 Å². The number of hydrogen-bond donors (Lipinski definition) is 1. The molecule has 1 saturated heterocycles. The van der Waals surface area contributed by atoms with Gasteiger partial charge in [0.15, 0.2) is 0 Å². The molecule has 1 N–H and O–H groups in total. The predicted octanol–water partition coefficient (Wildman–Crippen LogP) is 2.76. The van der Waals surface area contributed by atoms with E-state index in [2.05, 4.69) is 20.8 Å². The third-order valence-electron chi connectivity index (χ3n) is 5.64. The van der Waals surface area contributed by atoms with Gasteiger partial charge in [-0.05, 0) is 32.1 Å². The number of carbonyl (C=O) groups is 1. The molecule has 4 nitrogen and oxygen atoms in total. The van der Waals surface area contributed by atoms with Crippen LogP contribution in [-0.4, -0.2) is 47.8 Å². The zero-order chi connectivity index (χ0) is 16.5. The highest BCUT2D eigenvalue weighted by molar-refractivity contribution is 5.88.